The monoisotopic (exact) mass is 371 g/mol. The number of Topliss-reactive ketones (excluding diaryl/α,β-unsaturated/α-hetero) is 1. The van der Waals surface area contributed by atoms with Crippen LogP contribution in [0.5, 0.6) is 5.75 Å². The van der Waals surface area contributed by atoms with E-state index in [1.165, 1.54) is 18.9 Å². The first kappa shape index (κ1) is 15.4. The molecule has 0 saturated carbocycles. The first-order valence-electron chi connectivity index (χ1n) is 5.72. The van der Waals surface area contributed by atoms with Gasteiger partial charge in [-0.1, -0.05) is 23.4 Å². The van der Waals surface area contributed by atoms with E-state index in [2.05, 4.69) is 20.9 Å². The van der Waals surface area contributed by atoms with Crippen LogP contribution >= 0.6 is 39.3 Å². The van der Waals surface area contributed by atoms with Crippen molar-refractivity contribution in [1.82, 2.24) is 4.98 Å². The third-order valence-electron chi connectivity index (χ3n) is 2.54. The molecule has 0 atom stereocenters. The first-order valence-corrected chi connectivity index (χ1v) is 7.87. The largest absolute Gasteiger partial charge is 0.495 e. The lowest BCUT2D eigenvalue weighted by atomic mass is 10.1. The maximum absolute atomic E-state index is 12.1. The van der Waals surface area contributed by atoms with E-state index in [1.54, 1.807) is 24.4 Å². The zero-order chi connectivity index (χ0) is 14.5. The van der Waals surface area contributed by atoms with E-state index in [4.69, 9.17) is 16.3 Å². The number of pyridine rings is 1. The van der Waals surface area contributed by atoms with E-state index in [0.29, 0.717) is 22.1 Å². The number of ketones is 1. The van der Waals surface area contributed by atoms with E-state index >= 15 is 0 Å². The Hall–Kier alpha value is -1.04. The number of rotatable bonds is 5. The van der Waals surface area contributed by atoms with Crippen LogP contribution in [0.1, 0.15) is 10.4 Å². The van der Waals surface area contributed by atoms with E-state index in [0.717, 1.165) is 9.50 Å². The summed E-state index contributed by atoms with van der Waals surface area (Å²) in [5.74, 6) is 0.860. The molecule has 0 amide bonds. The zero-order valence-corrected chi connectivity index (χ0v) is 13.8. The van der Waals surface area contributed by atoms with Crippen LogP contribution in [0.15, 0.2) is 46.0 Å². The van der Waals surface area contributed by atoms with Gasteiger partial charge in [0.1, 0.15) is 10.8 Å². The summed E-state index contributed by atoms with van der Waals surface area (Å²) in [7, 11) is 1.54. The molecular weight excluding hydrogens is 362 g/mol. The molecule has 1 aromatic carbocycles. The van der Waals surface area contributed by atoms with Gasteiger partial charge >= 0.3 is 0 Å². The number of benzene rings is 1. The second-order valence-corrected chi connectivity index (χ2v) is 6.08. The smallest absolute Gasteiger partial charge is 0.173 e. The summed E-state index contributed by atoms with van der Waals surface area (Å²) in [6.45, 7) is 0. The van der Waals surface area contributed by atoms with Crippen molar-refractivity contribution in [3.8, 4) is 5.75 Å². The van der Waals surface area contributed by atoms with E-state index < -0.39 is 0 Å². The summed E-state index contributed by atoms with van der Waals surface area (Å²) in [4.78, 5) is 16.3. The Morgan fingerprint density at radius 1 is 1.45 bits per heavy atom. The minimum atomic E-state index is -0.00268. The molecule has 0 unspecified atom stereocenters. The highest BCUT2D eigenvalue weighted by Gasteiger charge is 2.11. The first-order chi connectivity index (χ1) is 9.61. The Labute approximate surface area is 134 Å². The molecule has 1 heterocycles. The molecule has 2 aromatic rings. The summed E-state index contributed by atoms with van der Waals surface area (Å²) < 4.78 is 5.94. The Morgan fingerprint density at radius 3 is 2.90 bits per heavy atom. The Balaban J connectivity index is 2.05. The van der Waals surface area contributed by atoms with Crippen LogP contribution in [-0.2, 0) is 0 Å². The predicted molar refractivity (Wildman–Crippen MR) is 85.0 cm³/mol. The zero-order valence-electron chi connectivity index (χ0n) is 10.6. The topological polar surface area (TPSA) is 39.2 Å². The van der Waals surface area contributed by atoms with E-state index in [-0.39, 0.29) is 5.78 Å². The Bertz CT molecular complexity index is 636. The number of aromatic nitrogens is 1. The van der Waals surface area contributed by atoms with Crippen LogP contribution in [0.3, 0.4) is 0 Å². The molecule has 0 aliphatic rings. The lowest BCUT2D eigenvalue weighted by molar-refractivity contribution is 0.102. The van der Waals surface area contributed by atoms with Crippen LogP contribution in [0.2, 0.25) is 5.02 Å². The number of ether oxygens (including phenoxy) is 1. The average molecular weight is 373 g/mol. The summed E-state index contributed by atoms with van der Waals surface area (Å²) in [6, 6.07) is 8.75. The van der Waals surface area contributed by atoms with Crippen LogP contribution in [0, 0.1) is 0 Å². The van der Waals surface area contributed by atoms with Crippen LogP contribution in [0.25, 0.3) is 0 Å². The van der Waals surface area contributed by atoms with Crippen LogP contribution in [-0.4, -0.2) is 23.6 Å². The second-order valence-electron chi connectivity index (χ2n) is 3.85. The van der Waals surface area contributed by atoms with Gasteiger partial charge in [0.05, 0.1) is 17.9 Å². The normalized spacial score (nSPS) is 10.3. The van der Waals surface area contributed by atoms with Gasteiger partial charge in [0, 0.05) is 16.2 Å². The molecule has 0 aliphatic heterocycles. The molecule has 2 rings (SSSR count). The highest BCUT2D eigenvalue weighted by Crippen LogP contribution is 2.28. The molecule has 0 bridgehead atoms. The molecule has 0 radical (unpaired) electrons. The summed E-state index contributed by atoms with van der Waals surface area (Å²) in [5, 5.41) is 1.22. The molecule has 3 nitrogen and oxygen atoms in total. The summed E-state index contributed by atoms with van der Waals surface area (Å²) in [6.07, 6.45) is 1.70. The van der Waals surface area contributed by atoms with Gasteiger partial charge in [0.25, 0.3) is 0 Å². The minimum absolute atomic E-state index is 0.00268. The SMILES string of the molecule is COc1ccc(C(=O)CSc2ncccc2Br)cc1Cl. The highest BCUT2D eigenvalue weighted by atomic mass is 79.9. The van der Waals surface area contributed by atoms with Crippen molar-refractivity contribution in [3.63, 3.8) is 0 Å². The fourth-order valence-corrected chi connectivity index (χ4v) is 3.17. The lowest BCUT2D eigenvalue weighted by Crippen LogP contribution is -2.03. The number of nitrogens with zero attached hydrogens (tertiary/aromatic N) is 1. The predicted octanol–water partition coefficient (Wildman–Crippen LogP) is 4.48. The molecular formula is C14H11BrClNO2S. The maximum atomic E-state index is 12.1. The molecule has 0 fully saturated rings. The van der Waals surface area contributed by atoms with Gasteiger partial charge in [-0.3, -0.25) is 4.79 Å². The number of carbonyl (C=O) groups is 1. The van der Waals surface area contributed by atoms with Crippen LogP contribution < -0.4 is 4.74 Å². The molecule has 0 spiro atoms. The van der Waals surface area contributed by atoms with Crippen molar-refractivity contribution in [2.75, 3.05) is 12.9 Å². The molecule has 0 aliphatic carbocycles. The van der Waals surface area contributed by atoms with Gasteiger partial charge in [-0.05, 0) is 46.3 Å². The van der Waals surface area contributed by atoms with Gasteiger partial charge in [-0.15, -0.1) is 0 Å². The number of halogens is 2. The second kappa shape index (κ2) is 7.11. The van der Waals surface area contributed by atoms with Crippen molar-refractivity contribution in [2.45, 2.75) is 5.03 Å². The fraction of sp³-hybridized carbons (Fsp3) is 0.143. The van der Waals surface area contributed by atoms with Crippen molar-refractivity contribution >= 4 is 45.1 Å². The number of methoxy groups -OCH3 is 1. The van der Waals surface area contributed by atoms with Crippen molar-refractivity contribution in [3.05, 3.63) is 51.6 Å². The van der Waals surface area contributed by atoms with Crippen LogP contribution in [0.4, 0.5) is 0 Å². The lowest BCUT2D eigenvalue weighted by Gasteiger charge is -2.06. The van der Waals surface area contributed by atoms with E-state index in [9.17, 15) is 4.79 Å². The highest BCUT2D eigenvalue weighted by molar-refractivity contribution is 9.10. The average Bonchev–Trinajstić information content (AvgIpc) is 2.46. The summed E-state index contributed by atoms with van der Waals surface area (Å²) >= 11 is 10.8. The van der Waals surface area contributed by atoms with Crippen molar-refractivity contribution < 1.29 is 9.53 Å². The molecule has 104 valence electrons. The van der Waals surface area contributed by atoms with Crippen molar-refractivity contribution in [2.24, 2.45) is 0 Å². The summed E-state index contributed by atoms with van der Waals surface area (Å²) in [5.41, 5.74) is 0.565. The van der Waals surface area contributed by atoms with Gasteiger partial charge < -0.3 is 4.74 Å². The Morgan fingerprint density at radius 2 is 2.25 bits per heavy atom. The molecule has 6 heteroatoms. The standard InChI is InChI=1S/C14H11BrClNO2S/c1-19-13-5-4-9(7-11(13)16)12(18)8-20-14-10(15)3-2-6-17-14/h2-7H,8H2,1H3. The Kier molecular flexibility index (Phi) is 5.46. The van der Waals surface area contributed by atoms with Gasteiger partial charge in [0.15, 0.2) is 5.78 Å². The number of hydrogen-bond acceptors (Lipinski definition) is 4. The van der Waals surface area contributed by atoms with Gasteiger partial charge in [-0.2, -0.15) is 0 Å². The third-order valence-corrected chi connectivity index (χ3v) is 4.74. The minimum Gasteiger partial charge on any atom is -0.495 e. The number of carbonyl (C=O) groups excluding carboxylic acids is 1. The molecule has 0 N–H and O–H groups in total. The fourth-order valence-electron chi connectivity index (χ4n) is 1.53. The molecule has 0 saturated heterocycles. The maximum Gasteiger partial charge on any atom is 0.173 e. The molecule has 1 aromatic heterocycles. The van der Waals surface area contributed by atoms with Gasteiger partial charge in [0.2, 0.25) is 0 Å². The van der Waals surface area contributed by atoms with E-state index in [1.807, 2.05) is 12.1 Å². The quantitative estimate of drug-likeness (QED) is 0.573. The number of thioether (sulfide) groups is 1. The van der Waals surface area contributed by atoms with Crippen molar-refractivity contribution in [1.29, 1.82) is 0 Å². The van der Waals surface area contributed by atoms with Gasteiger partial charge in [-0.25, -0.2) is 4.98 Å². The molecule has 20 heavy (non-hydrogen) atoms. The third kappa shape index (κ3) is 3.75. The number of hydrogen-bond donors (Lipinski definition) is 0.